The molecule has 7 heteroatoms. The van der Waals surface area contributed by atoms with E-state index in [0.717, 1.165) is 41.2 Å². The second-order valence-electron chi connectivity index (χ2n) is 6.95. The van der Waals surface area contributed by atoms with Gasteiger partial charge in [0.2, 0.25) is 0 Å². The summed E-state index contributed by atoms with van der Waals surface area (Å²) in [6.07, 6.45) is 3.43. The van der Waals surface area contributed by atoms with Crippen molar-refractivity contribution in [1.29, 1.82) is 5.26 Å². The van der Waals surface area contributed by atoms with Gasteiger partial charge in [0.25, 0.3) is 5.91 Å². The van der Waals surface area contributed by atoms with E-state index in [-0.39, 0.29) is 5.57 Å². The number of rotatable bonds is 10. The van der Waals surface area contributed by atoms with Gasteiger partial charge < -0.3 is 9.47 Å². The van der Waals surface area contributed by atoms with E-state index in [0.29, 0.717) is 18.3 Å². The first-order chi connectivity index (χ1) is 15.6. The summed E-state index contributed by atoms with van der Waals surface area (Å²) in [5.74, 6) is 1.07. The van der Waals surface area contributed by atoms with Gasteiger partial charge in [-0.1, -0.05) is 26.0 Å². The largest absolute Gasteiger partial charge is 0.494 e. The first-order valence-corrected chi connectivity index (χ1v) is 11.4. The van der Waals surface area contributed by atoms with E-state index in [9.17, 15) is 10.1 Å². The predicted octanol–water partition coefficient (Wildman–Crippen LogP) is 5.93. The number of ether oxygens (including phenoxy) is 2. The van der Waals surface area contributed by atoms with Crippen molar-refractivity contribution in [3.63, 3.8) is 0 Å². The highest BCUT2D eigenvalue weighted by atomic mass is 32.1. The van der Waals surface area contributed by atoms with Gasteiger partial charge in [-0.25, -0.2) is 4.98 Å². The number of nitrogens with zero attached hydrogens (tertiary/aromatic N) is 2. The standard InChI is InChI=1S/C25H25N3O3S/c1-3-13-30-21-9-5-18(6-10-21)15-20(16-26)24(29)28-25-27-23(17-32-25)19-7-11-22(12-8-19)31-14-4-2/h5-12,15,17H,3-4,13-14H2,1-2H3,(H,27,28,29)/b20-15+. The fourth-order valence-electron chi connectivity index (χ4n) is 2.77. The van der Waals surface area contributed by atoms with Crippen molar-refractivity contribution < 1.29 is 14.3 Å². The van der Waals surface area contributed by atoms with E-state index in [2.05, 4.69) is 17.2 Å². The molecule has 0 saturated carbocycles. The van der Waals surface area contributed by atoms with Gasteiger partial charge in [-0.15, -0.1) is 11.3 Å². The van der Waals surface area contributed by atoms with E-state index >= 15 is 0 Å². The number of benzene rings is 2. The predicted molar refractivity (Wildman–Crippen MR) is 128 cm³/mol. The number of hydrogen-bond acceptors (Lipinski definition) is 6. The van der Waals surface area contributed by atoms with E-state index in [1.165, 1.54) is 11.3 Å². The van der Waals surface area contributed by atoms with Crippen LogP contribution < -0.4 is 14.8 Å². The van der Waals surface area contributed by atoms with Crippen LogP contribution in [0.4, 0.5) is 5.13 Å². The molecule has 0 aliphatic rings. The van der Waals surface area contributed by atoms with Gasteiger partial charge in [0.1, 0.15) is 23.1 Å². The van der Waals surface area contributed by atoms with Crippen LogP contribution in [0, 0.1) is 11.3 Å². The highest BCUT2D eigenvalue weighted by Gasteiger charge is 2.13. The summed E-state index contributed by atoms with van der Waals surface area (Å²) in [5, 5.41) is 14.4. The third kappa shape index (κ3) is 6.43. The summed E-state index contributed by atoms with van der Waals surface area (Å²) < 4.78 is 11.1. The van der Waals surface area contributed by atoms with Crippen LogP contribution in [0.5, 0.6) is 11.5 Å². The molecule has 1 aromatic heterocycles. The topological polar surface area (TPSA) is 84.2 Å². The van der Waals surface area contributed by atoms with E-state index in [1.807, 2.05) is 66.9 Å². The SMILES string of the molecule is CCCOc1ccc(/C=C(\C#N)C(=O)Nc2nc(-c3ccc(OCCC)cc3)cs2)cc1. The second-order valence-corrected chi connectivity index (χ2v) is 7.81. The molecule has 3 aromatic rings. The number of anilines is 1. The van der Waals surface area contributed by atoms with Gasteiger partial charge in [0, 0.05) is 10.9 Å². The van der Waals surface area contributed by atoms with E-state index in [4.69, 9.17) is 9.47 Å². The van der Waals surface area contributed by atoms with Crippen molar-refractivity contribution in [1.82, 2.24) is 4.98 Å². The van der Waals surface area contributed by atoms with Crippen LogP contribution in [0.25, 0.3) is 17.3 Å². The number of thiazole rings is 1. The average Bonchev–Trinajstić information content (AvgIpc) is 3.29. The zero-order valence-electron chi connectivity index (χ0n) is 18.1. The lowest BCUT2D eigenvalue weighted by molar-refractivity contribution is -0.112. The van der Waals surface area contributed by atoms with Crippen molar-refractivity contribution >= 4 is 28.5 Å². The number of carbonyl (C=O) groups excluding carboxylic acids is 1. The fourth-order valence-corrected chi connectivity index (χ4v) is 3.48. The quantitative estimate of drug-likeness (QED) is 0.307. The Balaban J connectivity index is 1.65. The molecule has 164 valence electrons. The highest BCUT2D eigenvalue weighted by Crippen LogP contribution is 2.27. The Bertz CT molecular complexity index is 1100. The van der Waals surface area contributed by atoms with Crippen LogP contribution in [0.15, 0.2) is 59.5 Å². The lowest BCUT2D eigenvalue weighted by Crippen LogP contribution is -2.13. The first kappa shape index (κ1) is 23.0. The van der Waals surface area contributed by atoms with Crippen LogP contribution in [-0.2, 0) is 4.79 Å². The number of nitriles is 1. The Morgan fingerprint density at radius 2 is 1.62 bits per heavy atom. The zero-order chi connectivity index (χ0) is 22.8. The molecule has 0 saturated heterocycles. The maximum atomic E-state index is 12.6. The molecule has 0 atom stereocenters. The molecule has 1 N–H and O–H groups in total. The molecule has 2 aromatic carbocycles. The molecular formula is C25H25N3O3S. The van der Waals surface area contributed by atoms with Gasteiger partial charge in [0.05, 0.1) is 18.9 Å². The number of carbonyl (C=O) groups is 1. The Labute approximate surface area is 192 Å². The normalized spacial score (nSPS) is 11.0. The summed E-state index contributed by atoms with van der Waals surface area (Å²) in [6, 6.07) is 16.9. The molecule has 0 aliphatic carbocycles. The van der Waals surface area contributed by atoms with Gasteiger partial charge >= 0.3 is 0 Å². The minimum absolute atomic E-state index is 0.00130. The van der Waals surface area contributed by atoms with Crippen LogP contribution in [-0.4, -0.2) is 24.1 Å². The van der Waals surface area contributed by atoms with Crippen molar-refractivity contribution in [2.45, 2.75) is 26.7 Å². The number of amides is 1. The van der Waals surface area contributed by atoms with Crippen molar-refractivity contribution in [3.8, 4) is 28.8 Å². The summed E-state index contributed by atoms with van der Waals surface area (Å²) in [7, 11) is 0. The van der Waals surface area contributed by atoms with E-state index in [1.54, 1.807) is 6.08 Å². The van der Waals surface area contributed by atoms with Crippen LogP contribution in [0.2, 0.25) is 0 Å². The number of hydrogen-bond donors (Lipinski definition) is 1. The minimum atomic E-state index is -0.497. The molecule has 1 heterocycles. The Morgan fingerprint density at radius 3 is 2.19 bits per heavy atom. The maximum absolute atomic E-state index is 12.6. The summed E-state index contributed by atoms with van der Waals surface area (Å²) in [6.45, 7) is 5.43. The van der Waals surface area contributed by atoms with Crippen LogP contribution in [0.1, 0.15) is 32.3 Å². The van der Waals surface area contributed by atoms with Gasteiger partial charge in [0.15, 0.2) is 5.13 Å². The fraction of sp³-hybridized carbons (Fsp3) is 0.240. The van der Waals surface area contributed by atoms with Gasteiger partial charge in [-0.3, -0.25) is 10.1 Å². The summed E-state index contributed by atoms with van der Waals surface area (Å²) in [4.78, 5) is 17.0. The molecule has 0 spiro atoms. The van der Waals surface area contributed by atoms with Crippen molar-refractivity contribution in [2.75, 3.05) is 18.5 Å². The number of nitrogens with one attached hydrogen (secondary N) is 1. The molecule has 0 bridgehead atoms. The van der Waals surface area contributed by atoms with Crippen molar-refractivity contribution in [3.05, 3.63) is 65.0 Å². The molecule has 0 fully saturated rings. The molecule has 0 unspecified atom stereocenters. The Hall–Kier alpha value is -3.63. The smallest absolute Gasteiger partial charge is 0.268 e. The molecule has 32 heavy (non-hydrogen) atoms. The molecule has 3 rings (SSSR count). The first-order valence-electron chi connectivity index (χ1n) is 10.5. The van der Waals surface area contributed by atoms with Gasteiger partial charge in [-0.05, 0) is 60.9 Å². The summed E-state index contributed by atoms with van der Waals surface area (Å²) >= 11 is 1.31. The lowest BCUT2D eigenvalue weighted by Gasteiger charge is -2.05. The van der Waals surface area contributed by atoms with Crippen LogP contribution >= 0.6 is 11.3 Å². The second kappa shape index (κ2) is 11.7. The minimum Gasteiger partial charge on any atom is -0.494 e. The molecule has 1 amide bonds. The molecule has 6 nitrogen and oxygen atoms in total. The van der Waals surface area contributed by atoms with Gasteiger partial charge in [-0.2, -0.15) is 5.26 Å². The molecule has 0 radical (unpaired) electrons. The lowest BCUT2D eigenvalue weighted by atomic mass is 10.1. The zero-order valence-corrected chi connectivity index (χ0v) is 18.9. The van der Waals surface area contributed by atoms with Crippen molar-refractivity contribution in [2.24, 2.45) is 0 Å². The third-order valence-electron chi connectivity index (χ3n) is 4.38. The highest BCUT2D eigenvalue weighted by molar-refractivity contribution is 7.14. The number of aromatic nitrogens is 1. The Kier molecular flexibility index (Phi) is 8.41. The molecular weight excluding hydrogens is 422 g/mol. The maximum Gasteiger partial charge on any atom is 0.268 e. The Morgan fingerprint density at radius 1 is 1.03 bits per heavy atom. The van der Waals surface area contributed by atoms with E-state index < -0.39 is 5.91 Å². The monoisotopic (exact) mass is 447 g/mol. The van der Waals surface area contributed by atoms with Crippen LogP contribution in [0.3, 0.4) is 0 Å². The average molecular weight is 448 g/mol. The third-order valence-corrected chi connectivity index (χ3v) is 5.13. The molecule has 0 aliphatic heterocycles. The summed E-state index contributed by atoms with van der Waals surface area (Å²) in [5.41, 5.74) is 2.41.